The highest BCUT2D eigenvalue weighted by atomic mass is 79.9. The first-order valence-corrected chi connectivity index (χ1v) is 8.97. The summed E-state index contributed by atoms with van der Waals surface area (Å²) in [5, 5.41) is 3.24. The number of hydrogen-bond acceptors (Lipinski definition) is 4. The van der Waals surface area contributed by atoms with Crippen LogP contribution in [0.5, 0.6) is 0 Å². The van der Waals surface area contributed by atoms with Crippen LogP contribution in [0.15, 0.2) is 35.1 Å². The molecule has 2 aromatic rings. The number of carbonyl (C=O) groups is 1. The first-order valence-electron chi connectivity index (χ1n) is 8.17. The van der Waals surface area contributed by atoms with Crippen molar-refractivity contribution < 1.29 is 4.79 Å². The molecule has 0 saturated carbocycles. The zero-order valence-corrected chi connectivity index (χ0v) is 15.5. The molecule has 0 spiro atoms. The Labute approximate surface area is 150 Å². The second-order valence-corrected chi connectivity index (χ2v) is 7.23. The average Bonchev–Trinajstić information content (AvgIpc) is 2.58. The first kappa shape index (κ1) is 16.9. The van der Waals surface area contributed by atoms with E-state index >= 15 is 0 Å². The highest BCUT2D eigenvalue weighted by molar-refractivity contribution is 9.10. The van der Waals surface area contributed by atoms with Crippen molar-refractivity contribution in [1.29, 1.82) is 0 Å². The molecule has 1 N–H and O–H groups in total. The number of aromatic nitrogens is 2. The van der Waals surface area contributed by atoms with Gasteiger partial charge in [0.05, 0.1) is 0 Å². The number of hydrogen-bond donors (Lipinski definition) is 1. The fourth-order valence-corrected chi connectivity index (χ4v) is 3.20. The van der Waals surface area contributed by atoms with E-state index in [9.17, 15) is 4.79 Å². The number of benzene rings is 1. The Hall–Kier alpha value is -1.95. The van der Waals surface area contributed by atoms with E-state index in [0.717, 1.165) is 35.2 Å². The quantitative estimate of drug-likeness (QED) is 0.857. The zero-order valence-electron chi connectivity index (χ0n) is 13.9. The molecule has 1 atom stereocenters. The maximum Gasteiger partial charge on any atom is 0.272 e. The third-order valence-electron chi connectivity index (χ3n) is 4.26. The summed E-state index contributed by atoms with van der Waals surface area (Å²) in [4.78, 5) is 22.9. The molecule has 1 aromatic heterocycles. The van der Waals surface area contributed by atoms with E-state index in [1.54, 1.807) is 6.07 Å². The third kappa shape index (κ3) is 3.93. The van der Waals surface area contributed by atoms with Gasteiger partial charge in [-0.1, -0.05) is 22.9 Å². The Morgan fingerprint density at radius 3 is 2.92 bits per heavy atom. The van der Waals surface area contributed by atoms with Crippen molar-refractivity contribution in [2.75, 3.05) is 18.4 Å². The highest BCUT2D eigenvalue weighted by Crippen LogP contribution is 2.23. The van der Waals surface area contributed by atoms with Gasteiger partial charge in [-0.3, -0.25) is 4.79 Å². The van der Waals surface area contributed by atoms with E-state index in [1.165, 1.54) is 12.7 Å². The molecule has 1 fully saturated rings. The van der Waals surface area contributed by atoms with Crippen LogP contribution in [0, 0.1) is 12.8 Å². The minimum absolute atomic E-state index is 0.0148. The molecule has 5 nitrogen and oxygen atoms in total. The van der Waals surface area contributed by atoms with Gasteiger partial charge in [-0.15, -0.1) is 0 Å². The smallest absolute Gasteiger partial charge is 0.272 e. The van der Waals surface area contributed by atoms with Crippen LogP contribution in [0.4, 0.5) is 11.5 Å². The maximum atomic E-state index is 12.7. The lowest BCUT2D eigenvalue weighted by molar-refractivity contribution is 0.0677. The first-order chi connectivity index (χ1) is 11.5. The molecular weight excluding hydrogens is 368 g/mol. The lowest BCUT2D eigenvalue weighted by atomic mass is 10.00. The number of rotatable bonds is 3. The molecular formula is C18H21BrN4O. The van der Waals surface area contributed by atoms with Crippen molar-refractivity contribution in [2.24, 2.45) is 5.92 Å². The van der Waals surface area contributed by atoms with Crippen LogP contribution in [0.3, 0.4) is 0 Å². The number of halogens is 1. The number of amides is 1. The number of piperidine rings is 1. The lowest BCUT2D eigenvalue weighted by Gasteiger charge is -2.30. The Morgan fingerprint density at radius 2 is 2.17 bits per heavy atom. The van der Waals surface area contributed by atoms with Gasteiger partial charge < -0.3 is 10.2 Å². The Balaban J connectivity index is 1.76. The SMILES string of the molecule is Cc1cc(Nc2cc(C(=O)N3CCCC(C)C3)ncn2)ccc1Br. The van der Waals surface area contributed by atoms with Gasteiger partial charge in [-0.05, 0) is 49.4 Å². The van der Waals surface area contributed by atoms with E-state index in [1.807, 2.05) is 30.0 Å². The van der Waals surface area contributed by atoms with Crippen LogP contribution in [0.2, 0.25) is 0 Å². The van der Waals surface area contributed by atoms with Gasteiger partial charge in [0, 0.05) is 29.3 Å². The summed E-state index contributed by atoms with van der Waals surface area (Å²) in [7, 11) is 0. The van der Waals surface area contributed by atoms with Crippen LogP contribution in [0.25, 0.3) is 0 Å². The normalized spacial score (nSPS) is 17.6. The number of anilines is 2. The molecule has 0 aliphatic carbocycles. The van der Waals surface area contributed by atoms with Gasteiger partial charge >= 0.3 is 0 Å². The molecule has 6 heteroatoms. The van der Waals surface area contributed by atoms with Crippen LogP contribution in [-0.4, -0.2) is 33.9 Å². The molecule has 126 valence electrons. The Kier molecular flexibility index (Phi) is 5.14. The number of aryl methyl sites for hydroxylation is 1. The second-order valence-electron chi connectivity index (χ2n) is 6.38. The Morgan fingerprint density at radius 1 is 1.33 bits per heavy atom. The fourth-order valence-electron chi connectivity index (χ4n) is 2.95. The number of nitrogens with one attached hydrogen (secondary N) is 1. The van der Waals surface area contributed by atoms with E-state index in [4.69, 9.17) is 0 Å². The molecule has 0 bridgehead atoms. The molecule has 1 aliphatic heterocycles. The van der Waals surface area contributed by atoms with Gasteiger partial charge in [0.15, 0.2) is 0 Å². The molecule has 0 radical (unpaired) electrons. The van der Waals surface area contributed by atoms with Crippen molar-refractivity contribution in [3.63, 3.8) is 0 Å². The van der Waals surface area contributed by atoms with Crippen molar-refractivity contribution >= 4 is 33.3 Å². The predicted octanol–water partition coefficient (Wildman–Crippen LogP) is 4.16. The molecule has 3 rings (SSSR count). The van der Waals surface area contributed by atoms with Crippen LogP contribution >= 0.6 is 15.9 Å². The summed E-state index contributed by atoms with van der Waals surface area (Å²) in [6.45, 7) is 5.82. The summed E-state index contributed by atoms with van der Waals surface area (Å²) >= 11 is 3.49. The Bertz CT molecular complexity index is 750. The summed E-state index contributed by atoms with van der Waals surface area (Å²) in [5.74, 6) is 1.16. The topological polar surface area (TPSA) is 58.1 Å². The highest BCUT2D eigenvalue weighted by Gasteiger charge is 2.23. The van der Waals surface area contributed by atoms with Crippen LogP contribution in [-0.2, 0) is 0 Å². The molecule has 24 heavy (non-hydrogen) atoms. The van der Waals surface area contributed by atoms with Crippen molar-refractivity contribution in [3.05, 3.63) is 46.3 Å². The number of nitrogens with zero attached hydrogens (tertiary/aromatic N) is 3. The zero-order chi connectivity index (χ0) is 17.1. The molecule has 1 aromatic carbocycles. The number of likely N-dealkylation sites (tertiary alicyclic amines) is 1. The van der Waals surface area contributed by atoms with E-state index in [0.29, 0.717) is 17.4 Å². The molecule has 1 saturated heterocycles. The van der Waals surface area contributed by atoms with E-state index in [2.05, 4.69) is 38.1 Å². The van der Waals surface area contributed by atoms with Gasteiger partial charge in [-0.2, -0.15) is 0 Å². The fraction of sp³-hybridized carbons (Fsp3) is 0.389. The molecule has 1 aliphatic rings. The summed E-state index contributed by atoms with van der Waals surface area (Å²) in [6.07, 6.45) is 3.68. The largest absolute Gasteiger partial charge is 0.340 e. The molecule has 1 amide bonds. The van der Waals surface area contributed by atoms with E-state index in [-0.39, 0.29) is 5.91 Å². The maximum absolute atomic E-state index is 12.7. The van der Waals surface area contributed by atoms with Crippen molar-refractivity contribution in [1.82, 2.24) is 14.9 Å². The average molecular weight is 389 g/mol. The monoisotopic (exact) mass is 388 g/mol. The van der Waals surface area contributed by atoms with Gasteiger partial charge in [0.25, 0.3) is 5.91 Å². The number of carbonyl (C=O) groups excluding carboxylic acids is 1. The molecule has 2 heterocycles. The predicted molar refractivity (Wildman–Crippen MR) is 98.5 cm³/mol. The van der Waals surface area contributed by atoms with E-state index < -0.39 is 0 Å². The summed E-state index contributed by atoms with van der Waals surface area (Å²) in [5.41, 5.74) is 2.50. The minimum atomic E-state index is -0.0148. The summed E-state index contributed by atoms with van der Waals surface area (Å²) in [6, 6.07) is 7.70. The second kappa shape index (κ2) is 7.30. The van der Waals surface area contributed by atoms with Gasteiger partial charge in [-0.25, -0.2) is 9.97 Å². The van der Waals surface area contributed by atoms with Crippen LogP contribution in [0.1, 0.15) is 35.8 Å². The van der Waals surface area contributed by atoms with Crippen molar-refractivity contribution in [2.45, 2.75) is 26.7 Å². The van der Waals surface area contributed by atoms with Crippen molar-refractivity contribution in [3.8, 4) is 0 Å². The third-order valence-corrected chi connectivity index (χ3v) is 5.15. The summed E-state index contributed by atoms with van der Waals surface area (Å²) < 4.78 is 1.06. The van der Waals surface area contributed by atoms with Crippen LogP contribution < -0.4 is 5.32 Å². The van der Waals surface area contributed by atoms with Gasteiger partial charge in [0.2, 0.25) is 0 Å². The minimum Gasteiger partial charge on any atom is -0.340 e. The lowest BCUT2D eigenvalue weighted by Crippen LogP contribution is -2.39. The molecule has 1 unspecified atom stereocenters. The standard InChI is InChI=1S/C18H21BrN4O/c1-12-4-3-7-23(10-12)18(24)16-9-17(21-11-20-16)22-14-5-6-15(19)13(2)8-14/h5-6,8-9,11-12H,3-4,7,10H2,1-2H3,(H,20,21,22). The van der Waals surface area contributed by atoms with Gasteiger partial charge in [0.1, 0.15) is 17.8 Å².